The summed E-state index contributed by atoms with van der Waals surface area (Å²) in [5.41, 5.74) is 9.53. The smallest absolute Gasteiger partial charge is 0.0316 e. The molecule has 0 fully saturated rings. The standard InChI is InChI=1S/C10H13N.C6H8.CH3N/c1-7-4-8-2-3-10(11)6-9(8)5-7;1-3-5-6-4-2;1-2/h2-3,6-7H,4-5,11H2,1H3;3-6H,1-2H2;2H,1H2/b;6-5-;. The van der Waals surface area contributed by atoms with Gasteiger partial charge in [0.05, 0.1) is 0 Å². The number of allylic oxidation sites excluding steroid dienone is 4. The number of rotatable bonds is 2. The zero-order valence-corrected chi connectivity index (χ0v) is 11.7. The Bertz CT molecular complexity index is 423. The van der Waals surface area contributed by atoms with E-state index in [-0.39, 0.29) is 0 Å². The second kappa shape index (κ2) is 9.89. The molecule has 0 saturated heterocycles. The van der Waals surface area contributed by atoms with Gasteiger partial charge in [-0.3, -0.25) is 0 Å². The Morgan fingerprint density at radius 3 is 2.16 bits per heavy atom. The Balaban J connectivity index is 0.000000350. The maximum atomic E-state index is 5.68. The SMILES string of the molecule is C=C/C=C\C=C.C=N.CC1Cc2ccc(N)cc2C1. The van der Waals surface area contributed by atoms with Crippen molar-refractivity contribution >= 4 is 12.4 Å². The molecule has 1 aromatic rings. The van der Waals surface area contributed by atoms with Gasteiger partial charge in [0, 0.05) is 5.69 Å². The van der Waals surface area contributed by atoms with Gasteiger partial charge in [0.25, 0.3) is 0 Å². The van der Waals surface area contributed by atoms with E-state index in [1.807, 2.05) is 18.2 Å². The lowest BCUT2D eigenvalue weighted by molar-refractivity contribution is 0.628. The van der Waals surface area contributed by atoms with Crippen LogP contribution in [0.5, 0.6) is 0 Å². The maximum Gasteiger partial charge on any atom is 0.0316 e. The summed E-state index contributed by atoms with van der Waals surface area (Å²) in [6, 6.07) is 6.27. The van der Waals surface area contributed by atoms with Crippen LogP contribution in [0.25, 0.3) is 0 Å². The van der Waals surface area contributed by atoms with Crippen molar-refractivity contribution < 1.29 is 0 Å². The first kappa shape index (κ1) is 16.9. The van der Waals surface area contributed by atoms with E-state index in [1.54, 1.807) is 12.2 Å². The topological polar surface area (TPSA) is 49.9 Å². The molecule has 2 rings (SSSR count). The molecular weight excluding hydrogens is 232 g/mol. The second-order valence-corrected chi connectivity index (χ2v) is 4.40. The van der Waals surface area contributed by atoms with Crippen LogP contribution in [0, 0.1) is 11.3 Å². The first-order valence-electron chi connectivity index (χ1n) is 6.30. The highest BCUT2D eigenvalue weighted by Gasteiger charge is 2.16. The number of nitrogen functional groups attached to an aromatic ring is 1. The molecule has 1 aliphatic carbocycles. The second-order valence-electron chi connectivity index (χ2n) is 4.40. The molecule has 3 N–H and O–H groups in total. The predicted molar refractivity (Wildman–Crippen MR) is 86.8 cm³/mol. The lowest BCUT2D eigenvalue weighted by atomic mass is 10.1. The maximum absolute atomic E-state index is 5.68. The first-order chi connectivity index (χ1) is 9.17. The number of hydrogen-bond acceptors (Lipinski definition) is 2. The highest BCUT2D eigenvalue weighted by Crippen LogP contribution is 2.27. The summed E-state index contributed by atoms with van der Waals surface area (Å²) in [5.74, 6) is 0.812. The van der Waals surface area contributed by atoms with Crippen molar-refractivity contribution in [2.24, 2.45) is 5.92 Å². The van der Waals surface area contributed by atoms with Crippen molar-refractivity contribution in [1.29, 1.82) is 5.41 Å². The molecule has 2 nitrogen and oxygen atoms in total. The molecule has 1 aromatic carbocycles. The normalized spacial score (nSPS) is 15.5. The van der Waals surface area contributed by atoms with Crippen molar-refractivity contribution in [3.63, 3.8) is 0 Å². The molecule has 0 aromatic heterocycles. The third-order valence-corrected chi connectivity index (χ3v) is 2.75. The summed E-state index contributed by atoms with van der Waals surface area (Å²) < 4.78 is 0. The Labute approximate surface area is 116 Å². The highest BCUT2D eigenvalue weighted by atomic mass is 14.5. The number of nitrogens with one attached hydrogen (secondary N) is 1. The minimum absolute atomic E-state index is 0.812. The van der Waals surface area contributed by atoms with Crippen LogP contribution in [-0.2, 0) is 12.8 Å². The fourth-order valence-electron chi connectivity index (χ4n) is 2.02. The fraction of sp³-hybridized carbons (Fsp3) is 0.235. The number of fused-ring (bicyclic) bond motifs is 1. The van der Waals surface area contributed by atoms with E-state index in [4.69, 9.17) is 11.1 Å². The van der Waals surface area contributed by atoms with Gasteiger partial charge >= 0.3 is 0 Å². The molecule has 0 bridgehead atoms. The summed E-state index contributed by atoms with van der Waals surface area (Å²) in [6.45, 7) is 11.7. The Hall–Kier alpha value is -2.09. The van der Waals surface area contributed by atoms with Crippen LogP contribution in [-0.4, -0.2) is 6.72 Å². The van der Waals surface area contributed by atoms with Crippen molar-refractivity contribution in [1.82, 2.24) is 0 Å². The summed E-state index contributed by atoms with van der Waals surface area (Å²) in [4.78, 5) is 0. The zero-order valence-electron chi connectivity index (χ0n) is 11.7. The molecule has 0 amide bonds. The number of nitrogens with two attached hydrogens (primary N) is 1. The van der Waals surface area contributed by atoms with Gasteiger partial charge in [-0.15, -0.1) is 0 Å². The largest absolute Gasteiger partial charge is 0.399 e. The van der Waals surface area contributed by atoms with Crippen molar-refractivity contribution in [3.8, 4) is 0 Å². The van der Waals surface area contributed by atoms with Crippen molar-refractivity contribution in [2.45, 2.75) is 19.8 Å². The van der Waals surface area contributed by atoms with Crippen LogP contribution in [0.4, 0.5) is 5.69 Å². The number of anilines is 1. The molecule has 0 spiro atoms. The van der Waals surface area contributed by atoms with E-state index in [0.717, 1.165) is 11.6 Å². The van der Waals surface area contributed by atoms with Crippen LogP contribution < -0.4 is 5.73 Å². The monoisotopic (exact) mass is 256 g/mol. The Morgan fingerprint density at radius 1 is 1.11 bits per heavy atom. The molecule has 102 valence electrons. The quantitative estimate of drug-likeness (QED) is 0.465. The van der Waals surface area contributed by atoms with Gasteiger partial charge in [0.1, 0.15) is 0 Å². The minimum Gasteiger partial charge on any atom is -0.399 e. The number of benzene rings is 1. The molecule has 19 heavy (non-hydrogen) atoms. The van der Waals surface area contributed by atoms with Gasteiger partial charge < -0.3 is 11.1 Å². The van der Waals surface area contributed by atoms with E-state index in [2.05, 4.69) is 38.9 Å². The van der Waals surface area contributed by atoms with E-state index in [0.29, 0.717) is 0 Å². The number of hydrogen-bond donors (Lipinski definition) is 2. The van der Waals surface area contributed by atoms with Crippen LogP contribution in [0.15, 0.2) is 55.7 Å². The lowest BCUT2D eigenvalue weighted by Crippen LogP contribution is -1.89. The Kier molecular flexibility index (Phi) is 8.80. The van der Waals surface area contributed by atoms with E-state index in [9.17, 15) is 0 Å². The molecule has 1 atom stereocenters. The molecule has 1 aliphatic rings. The highest BCUT2D eigenvalue weighted by molar-refractivity contribution is 5.46. The van der Waals surface area contributed by atoms with E-state index in [1.165, 1.54) is 24.0 Å². The molecule has 0 saturated carbocycles. The average Bonchev–Trinajstić information content (AvgIpc) is 2.78. The van der Waals surface area contributed by atoms with Crippen molar-refractivity contribution in [2.75, 3.05) is 5.73 Å². The van der Waals surface area contributed by atoms with Gasteiger partial charge in [0.2, 0.25) is 0 Å². The lowest BCUT2D eigenvalue weighted by Gasteiger charge is -1.98. The molecular formula is C17H24N2. The van der Waals surface area contributed by atoms with Crippen molar-refractivity contribution in [3.05, 3.63) is 66.8 Å². The minimum atomic E-state index is 0.812. The predicted octanol–water partition coefficient (Wildman–Crippen LogP) is 4.18. The summed E-state index contributed by atoms with van der Waals surface area (Å²) in [7, 11) is 0. The van der Waals surface area contributed by atoms with Gasteiger partial charge in [-0.25, -0.2) is 0 Å². The summed E-state index contributed by atoms with van der Waals surface area (Å²) >= 11 is 0. The molecule has 2 heteroatoms. The van der Waals surface area contributed by atoms with Crippen LogP contribution in [0.2, 0.25) is 0 Å². The van der Waals surface area contributed by atoms with E-state index < -0.39 is 0 Å². The molecule has 0 aliphatic heterocycles. The van der Waals surface area contributed by atoms with Gasteiger partial charge in [-0.1, -0.05) is 50.5 Å². The molecule has 1 unspecified atom stereocenters. The average molecular weight is 256 g/mol. The van der Waals surface area contributed by atoms with Crippen LogP contribution in [0.1, 0.15) is 18.1 Å². The van der Waals surface area contributed by atoms with Gasteiger partial charge in [-0.05, 0) is 48.7 Å². The third-order valence-electron chi connectivity index (χ3n) is 2.75. The fourth-order valence-corrected chi connectivity index (χ4v) is 2.02. The first-order valence-corrected chi connectivity index (χ1v) is 6.30. The van der Waals surface area contributed by atoms with Crippen LogP contribution in [0.3, 0.4) is 0 Å². The molecule has 0 heterocycles. The van der Waals surface area contributed by atoms with E-state index >= 15 is 0 Å². The van der Waals surface area contributed by atoms with Crippen LogP contribution >= 0.6 is 0 Å². The zero-order chi connectivity index (χ0) is 14.7. The summed E-state index contributed by atoms with van der Waals surface area (Å²) in [6.07, 6.45) is 9.51. The third kappa shape index (κ3) is 6.41. The molecule has 0 radical (unpaired) electrons. The Morgan fingerprint density at radius 2 is 1.63 bits per heavy atom. The summed E-state index contributed by atoms with van der Waals surface area (Å²) in [5, 5.41) is 5.50. The van der Waals surface area contributed by atoms with Gasteiger partial charge in [-0.2, -0.15) is 0 Å². The van der Waals surface area contributed by atoms with Gasteiger partial charge in [0.15, 0.2) is 0 Å².